The van der Waals surface area contributed by atoms with Crippen LogP contribution < -0.4 is 5.32 Å². The number of hydrogen-bond acceptors (Lipinski definition) is 7. The van der Waals surface area contributed by atoms with Gasteiger partial charge < -0.3 is 19.3 Å². The Balaban J connectivity index is 1.55. The van der Waals surface area contributed by atoms with Crippen molar-refractivity contribution in [1.82, 2.24) is 14.1 Å². The first-order valence-electron chi connectivity index (χ1n) is 10.0. The molecule has 3 rings (SSSR count). The normalized spacial score (nSPS) is 18.8. The highest BCUT2D eigenvalue weighted by Gasteiger charge is 2.28. The number of urea groups is 1. The second kappa shape index (κ2) is 10.5. The quantitative estimate of drug-likeness (QED) is 0.675. The Morgan fingerprint density at radius 1 is 1.10 bits per heavy atom. The summed E-state index contributed by atoms with van der Waals surface area (Å²) in [5, 5.41) is 3.26. The molecule has 2 aliphatic heterocycles. The lowest BCUT2D eigenvalue weighted by molar-refractivity contribution is -0.135. The van der Waals surface area contributed by atoms with E-state index in [4.69, 9.17) is 9.47 Å². The summed E-state index contributed by atoms with van der Waals surface area (Å²) in [5.41, 5.74) is 0. The van der Waals surface area contributed by atoms with E-state index < -0.39 is 10.0 Å². The van der Waals surface area contributed by atoms with Crippen molar-refractivity contribution in [2.45, 2.75) is 17.6 Å². The maximum atomic E-state index is 12.7. The Labute approximate surface area is 180 Å². The predicted molar refractivity (Wildman–Crippen MR) is 112 cm³/mol. The van der Waals surface area contributed by atoms with Gasteiger partial charge in [-0.1, -0.05) is 0 Å². The molecule has 0 saturated carbocycles. The van der Waals surface area contributed by atoms with Gasteiger partial charge in [-0.2, -0.15) is 4.31 Å². The van der Waals surface area contributed by atoms with Crippen LogP contribution in [-0.2, 0) is 24.3 Å². The molecule has 10 nitrogen and oxygen atoms in total. The maximum Gasteiger partial charge on any atom is 0.322 e. The third kappa shape index (κ3) is 5.70. The first-order valence-corrected chi connectivity index (χ1v) is 12.3. The van der Waals surface area contributed by atoms with E-state index in [-0.39, 0.29) is 22.8 Å². The molecular formula is C18H28N4O6S2. The maximum absolute atomic E-state index is 12.7. The fourth-order valence-corrected chi connectivity index (χ4v) is 6.03. The van der Waals surface area contributed by atoms with Gasteiger partial charge in [0.05, 0.1) is 18.2 Å². The van der Waals surface area contributed by atoms with Gasteiger partial charge in [0.2, 0.25) is 5.91 Å². The highest BCUT2D eigenvalue weighted by atomic mass is 32.2. The van der Waals surface area contributed by atoms with Gasteiger partial charge in [0.25, 0.3) is 10.0 Å². The molecule has 168 valence electrons. The summed E-state index contributed by atoms with van der Waals surface area (Å²) >= 11 is 1.04. The van der Waals surface area contributed by atoms with Crippen LogP contribution in [0.3, 0.4) is 0 Å². The molecule has 0 atom stereocenters. The van der Waals surface area contributed by atoms with Crippen LogP contribution in [0.2, 0.25) is 0 Å². The number of nitrogens with zero attached hydrogens (tertiary/aromatic N) is 3. The fourth-order valence-electron chi connectivity index (χ4n) is 3.28. The van der Waals surface area contributed by atoms with Crippen molar-refractivity contribution in [3.05, 3.63) is 12.1 Å². The molecule has 0 radical (unpaired) electrons. The van der Waals surface area contributed by atoms with E-state index in [0.717, 1.165) is 11.3 Å². The van der Waals surface area contributed by atoms with E-state index in [1.54, 1.807) is 15.9 Å². The second-order valence-corrected chi connectivity index (χ2v) is 10.2. The fraction of sp³-hybridized carbons (Fsp3) is 0.667. The molecule has 1 aromatic rings. The van der Waals surface area contributed by atoms with Crippen LogP contribution in [-0.4, -0.2) is 100 Å². The Hall–Kier alpha value is -1.73. The number of amides is 3. The number of carbonyl (C=O) groups is 2. The first-order chi connectivity index (χ1) is 14.4. The van der Waals surface area contributed by atoms with Crippen LogP contribution in [0.15, 0.2) is 16.3 Å². The first kappa shape index (κ1) is 22.9. The number of sulfonamides is 1. The largest absolute Gasteiger partial charge is 0.379 e. The number of hydrogen-bond donors (Lipinski definition) is 1. The lowest BCUT2D eigenvalue weighted by Gasteiger charge is -2.25. The molecule has 30 heavy (non-hydrogen) atoms. The molecule has 2 aliphatic rings. The minimum absolute atomic E-state index is 0.0539. The van der Waals surface area contributed by atoms with Crippen molar-refractivity contribution in [1.29, 1.82) is 0 Å². The Morgan fingerprint density at radius 3 is 2.53 bits per heavy atom. The molecule has 3 amide bonds. The van der Waals surface area contributed by atoms with Gasteiger partial charge in [0, 0.05) is 45.9 Å². The molecule has 0 bridgehead atoms. The molecule has 2 saturated heterocycles. The minimum Gasteiger partial charge on any atom is -0.379 e. The molecule has 1 aromatic heterocycles. The molecule has 1 N–H and O–H groups in total. The summed E-state index contributed by atoms with van der Waals surface area (Å²) in [4.78, 5) is 28.1. The SMILES string of the molecule is CCOCC(=O)N1CCCN(C(=O)Nc2ccc(S(=O)(=O)N3CCOCC3)s2)CC1. The number of nitrogens with one attached hydrogen (secondary N) is 1. The lowest BCUT2D eigenvalue weighted by atomic mass is 10.4. The van der Waals surface area contributed by atoms with Gasteiger partial charge in [-0.3, -0.25) is 10.1 Å². The van der Waals surface area contributed by atoms with E-state index in [2.05, 4.69) is 5.32 Å². The molecule has 2 fully saturated rings. The summed E-state index contributed by atoms with van der Waals surface area (Å²) in [6.45, 7) is 5.75. The predicted octanol–water partition coefficient (Wildman–Crippen LogP) is 0.872. The number of carbonyl (C=O) groups excluding carboxylic acids is 2. The van der Waals surface area contributed by atoms with E-state index >= 15 is 0 Å². The highest BCUT2D eigenvalue weighted by molar-refractivity contribution is 7.91. The van der Waals surface area contributed by atoms with Crippen LogP contribution in [0.25, 0.3) is 0 Å². The van der Waals surface area contributed by atoms with Crippen LogP contribution in [0.5, 0.6) is 0 Å². The zero-order chi connectivity index (χ0) is 21.6. The van der Waals surface area contributed by atoms with Crippen molar-refractivity contribution in [3.63, 3.8) is 0 Å². The second-order valence-electron chi connectivity index (χ2n) is 6.92. The molecule has 12 heteroatoms. The molecule has 3 heterocycles. The van der Waals surface area contributed by atoms with Gasteiger partial charge in [0.1, 0.15) is 10.8 Å². The van der Waals surface area contributed by atoms with Crippen molar-refractivity contribution in [2.75, 3.05) is 71.0 Å². The number of morpholine rings is 1. The number of thiophene rings is 1. The molecule has 0 spiro atoms. The van der Waals surface area contributed by atoms with Crippen LogP contribution in [0.1, 0.15) is 13.3 Å². The molecule has 0 unspecified atom stereocenters. The minimum atomic E-state index is -3.58. The highest BCUT2D eigenvalue weighted by Crippen LogP contribution is 2.29. The van der Waals surface area contributed by atoms with Crippen LogP contribution in [0, 0.1) is 0 Å². The smallest absolute Gasteiger partial charge is 0.322 e. The summed E-state index contributed by atoms with van der Waals surface area (Å²) in [6, 6.07) is 2.82. The van der Waals surface area contributed by atoms with Gasteiger partial charge >= 0.3 is 6.03 Å². The van der Waals surface area contributed by atoms with E-state index in [1.165, 1.54) is 10.4 Å². The van der Waals surface area contributed by atoms with Crippen molar-refractivity contribution >= 4 is 38.3 Å². The van der Waals surface area contributed by atoms with Crippen LogP contribution in [0.4, 0.5) is 9.80 Å². The van der Waals surface area contributed by atoms with Gasteiger partial charge in [-0.05, 0) is 25.5 Å². The van der Waals surface area contributed by atoms with E-state index in [9.17, 15) is 18.0 Å². The summed E-state index contributed by atoms with van der Waals surface area (Å²) in [6.07, 6.45) is 0.673. The Bertz CT molecular complexity index is 837. The number of ether oxygens (including phenoxy) is 2. The zero-order valence-corrected chi connectivity index (χ0v) is 18.7. The van der Waals surface area contributed by atoms with Crippen molar-refractivity contribution in [2.24, 2.45) is 0 Å². The number of anilines is 1. The number of rotatable bonds is 6. The van der Waals surface area contributed by atoms with Crippen molar-refractivity contribution in [3.8, 4) is 0 Å². The zero-order valence-electron chi connectivity index (χ0n) is 17.0. The third-order valence-corrected chi connectivity index (χ3v) is 8.31. The van der Waals surface area contributed by atoms with Crippen LogP contribution >= 0.6 is 11.3 Å². The average molecular weight is 461 g/mol. The summed E-state index contributed by atoms with van der Waals surface area (Å²) in [5.74, 6) is -0.0738. The van der Waals surface area contributed by atoms with Crippen molar-refractivity contribution < 1.29 is 27.5 Å². The standard InChI is InChI=1S/C18H28N4O6S2/c1-2-27-14-16(23)20-6-3-7-21(9-8-20)18(24)19-15-4-5-17(29-15)30(25,26)22-10-12-28-13-11-22/h4-5H,2-3,6-14H2,1H3,(H,19,24). The Morgan fingerprint density at radius 2 is 1.80 bits per heavy atom. The molecular weight excluding hydrogens is 432 g/mol. The molecule has 0 aliphatic carbocycles. The van der Waals surface area contributed by atoms with E-state index in [1.807, 2.05) is 6.92 Å². The average Bonchev–Trinajstić information content (AvgIpc) is 3.08. The topological polar surface area (TPSA) is 108 Å². The Kier molecular flexibility index (Phi) is 8.06. The van der Waals surface area contributed by atoms with Gasteiger partial charge in [-0.15, -0.1) is 11.3 Å². The summed E-state index contributed by atoms with van der Waals surface area (Å²) in [7, 11) is -3.58. The van der Waals surface area contributed by atoms with E-state index in [0.29, 0.717) is 70.5 Å². The van der Waals surface area contributed by atoms with Gasteiger partial charge in [-0.25, -0.2) is 13.2 Å². The monoisotopic (exact) mass is 460 g/mol. The molecule has 0 aromatic carbocycles. The summed E-state index contributed by atoms with van der Waals surface area (Å²) < 4.78 is 37.4. The third-order valence-electron chi connectivity index (χ3n) is 4.94. The van der Waals surface area contributed by atoms with Gasteiger partial charge in [0.15, 0.2) is 0 Å². The lowest BCUT2D eigenvalue weighted by Crippen LogP contribution is -2.40.